The summed E-state index contributed by atoms with van der Waals surface area (Å²) < 4.78 is 14.1. The van der Waals surface area contributed by atoms with E-state index in [-0.39, 0.29) is 12.3 Å². The fourth-order valence-electron chi connectivity index (χ4n) is 3.82. The van der Waals surface area contributed by atoms with Crippen molar-refractivity contribution < 1.29 is 9.47 Å². The number of ether oxygens (including phenoxy) is 2. The van der Waals surface area contributed by atoms with Crippen LogP contribution in [0.4, 0.5) is 0 Å². The zero-order valence-electron chi connectivity index (χ0n) is 15.6. The summed E-state index contributed by atoms with van der Waals surface area (Å²) in [6.45, 7) is 2.64. The van der Waals surface area contributed by atoms with E-state index in [2.05, 4.69) is 72.6 Å². The molecule has 0 saturated heterocycles. The maximum absolute atomic E-state index is 6.50. The van der Waals surface area contributed by atoms with Crippen LogP contribution >= 0.6 is 43.2 Å². The van der Waals surface area contributed by atoms with Crippen LogP contribution in [0.3, 0.4) is 0 Å². The molecule has 0 N–H and O–H groups in total. The van der Waals surface area contributed by atoms with Crippen molar-refractivity contribution in [1.82, 2.24) is 5.01 Å². The molecule has 0 saturated carbocycles. The van der Waals surface area contributed by atoms with Crippen LogP contribution in [0.25, 0.3) is 0 Å². The summed E-state index contributed by atoms with van der Waals surface area (Å²) in [6.07, 6.45) is 0.561. The normalized spacial score (nSPS) is 20.0. The van der Waals surface area contributed by atoms with Crippen LogP contribution < -0.4 is 9.47 Å². The average Bonchev–Trinajstić information content (AvgIpc) is 3.38. The van der Waals surface area contributed by atoms with Gasteiger partial charge < -0.3 is 9.47 Å². The van der Waals surface area contributed by atoms with Gasteiger partial charge in [-0.25, -0.2) is 5.01 Å². The van der Waals surface area contributed by atoms with E-state index in [9.17, 15) is 0 Å². The van der Waals surface area contributed by atoms with Gasteiger partial charge in [-0.05, 0) is 70.7 Å². The van der Waals surface area contributed by atoms with Crippen LogP contribution in [0.2, 0.25) is 0 Å². The molecule has 0 spiro atoms. The van der Waals surface area contributed by atoms with Crippen molar-refractivity contribution in [2.45, 2.75) is 25.6 Å². The fourth-order valence-corrected chi connectivity index (χ4v) is 5.89. The molecule has 0 bridgehead atoms. The summed E-state index contributed by atoms with van der Waals surface area (Å²) in [7, 11) is 0. The molecule has 2 aromatic carbocycles. The molecular formula is C22H18Br2N2O2S. The SMILES string of the molecule is CCOc1ccc([C@H]2Oc3c(Br)cc(Br)cc3[C@@H]3CC(c4cccs4)=NN23)cc1. The third kappa shape index (κ3) is 3.49. The minimum absolute atomic E-state index is 0.126. The first-order chi connectivity index (χ1) is 14.1. The Morgan fingerprint density at radius 1 is 1.21 bits per heavy atom. The predicted octanol–water partition coefficient (Wildman–Crippen LogP) is 6.91. The first kappa shape index (κ1) is 19.2. The van der Waals surface area contributed by atoms with Crippen LogP contribution in [0.15, 0.2) is 68.0 Å². The lowest BCUT2D eigenvalue weighted by Crippen LogP contribution is -2.33. The Kier molecular flexibility index (Phi) is 5.14. The van der Waals surface area contributed by atoms with Crippen molar-refractivity contribution in [3.63, 3.8) is 0 Å². The fraction of sp³-hybridized carbons (Fsp3) is 0.227. The summed E-state index contributed by atoms with van der Waals surface area (Å²) in [6, 6.07) is 16.6. The number of hydrogen-bond donors (Lipinski definition) is 0. The Morgan fingerprint density at radius 3 is 2.76 bits per heavy atom. The lowest BCUT2D eigenvalue weighted by Gasteiger charge is -2.38. The summed E-state index contributed by atoms with van der Waals surface area (Å²) in [5.41, 5.74) is 3.30. The van der Waals surface area contributed by atoms with Gasteiger partial charge in [-0.1, -0.05) is 22.0 Å². The molecule has 4 nitrogen and oxygen atoms in total. The van der Waals surface area contributed by atoms with E-state index >= 15 is 0 Å². The highest BCUT2D eigenvalue weighted by molar-refractivity contribution is 9.11. The number of fused-ring (bicyclic) bond motifs is 3. The van der Waals surface area contributed by atoms with Gasteiger partial charge in [-0.2, -0.15) is 5.10 Å². The quantitative estimate of drug-likeness (QED) is 0.365. The van der Waals surface area contributed by atoms with E-state index in [0.717, 1.165) is 43.7 Å². The van der Waals surface area contributed by atoms with E-state index < -0.39 is 0 Å². The summed E-state index contributed by atoms with van der Waals surface area (Å²) in [5.74, 6) is 1.74. The molecule has 1 aromatic heterocycles. The van der Waals surface area contributed by atoms with Crippen molar-refractivity contribution in [2.24, 2.45) is 5.10 Å². The van der Waals surface area contributed by atoms with E-state index in [1.807, 2.05) is 25.1 Å². The van der Waals surface area contributed by atoms with E-state index in [0.29, 0.717) is 6.61 Å². The molecule has 0 fully saturated rings. The molecule has 148 valence electrons. The second kappa shape index (κ2) is 7.78. The Morgan fingerprint density at radius 2 is 2.03 bits per heavy atom. The molecular weight excluding hydrogens is 516 g/mol. The van der Waals surface area contributed by atoms with Crippen molar-refractivity contribution in [1.29, 1.82) is 0 Å². The van der Waals surface area contributed by atoms with Crippen LogP contribution in [-0.4, -0.2) is 17.3 Å². The first-order valence-electron chi connectivity index (χ1n) is 9.42. The molecule has 0 amide bonds. The zero-order valence-corrected chi connectivity index (χ0v) is 19.6. The molecule has 7 heteroatoms. The van der Waals surface area contributed by atoms with Gasteiger partial charge in [0.1, 0.15) is 11.5 Å². The van der Waals surface area contributed by atoms with Crippen LogP contribution in [-0.2, 0) is 0 Å². The molecule has 29 heavy (non-hydrogen) atoms. The van der Waals surface area contributed by atoms with Gasteiger partial charge in [0.2, 0.25) is 6.23 Å². The van der Waals surface area contributed by atoms with Crippen molar-refractivity contribution in [3.05, 3.63) is 78.9 Å². The highest BCUT2D eigenvalue weighted by Crippen LogP contribution is 2.51. The van der Waals surface area contributed by atoms with Gasteiger partial charge in [-0.3, -0.25) is 0 Å². The largest absolute Gasteiger partial charge is 0.494 e. The highest BCUT2D eigenvalue weighted by Gasteiger charge is 2.42. The molecule has 2 aliphatic rings. The summed E-state index contributed by atoms with van der Waals surface area (Å²) >= 11 is 9.03. The first-order valence-corrected chi connectivity index (χ1v) is 11.9. The maximum Gasteiger partial charge on any atom is 0.213 e. The Labute approximate surface area is 190 Å². The number of hydrogen-bond acceptors (Lipinski definition) is 5. The Hall–Kier alpha value is -1.83. The summed E-state index contributed by atoms with van der Waals surface area (Å²) in [5, 5.41) is 9.20. The zero-order chi connectivity index (χ0) is 20.0. The number of halogens is 2. The minimum atomic E-state index is -0.293. The molecule has 0 radical (unpaired) electrons. The highest BCUT2D eigenvalue weighted by atomic mass is 79.9. The molecule has 0 aliphatic carbocycles. The van der Waals surface area contributed by atoms with E-state index in [1.54, 1.807) is 11.3 Å². The number of rotatable bonds is 4. The van der Waals surface area contributed by atoms with E-state index in [1.165, 1.54) is 4.88 Å². The average molecular weight is 534 g/mol. The third-order valence-electron chi connectivity index (χ3n) is 5.09. The topological polar surface area (TPSA) is 34.1 Å². The van der Waals surface area contributed by atoms with E-state index in [4.69, 9.17) is 14.6 Å². The van der Waals surface area contributed by atoms with Gasteiger partial charge >= 0.3 is 0 Å². The molecule has 0 unspecified atom stereocenters. The molecule has 2 aliphatic heterocycles. The molecule has 5 rings (SSSR count). The van der Waals surface area contributed by atoms with Gasteiger partial charge in [-0.15, -0.1) is 11.3 Å². The van der Waals surface area contributed by atoms with Gasteiger partial charge in [0.25, 0.3) is 0 Å². The number of benzene rings is 2. The molecule has 2 atom stereocenters. The number of nitrogens with zero attached hydrogens (tertiary/aromatic N) is 2. The minimum Gasteiger partial charge on any atom is -0.494 e. The molecule has 3 aromatic rings. The van der Waals surface area contributed by atoms with Crippen LogP contribution in [0.5, 0.6) is 11.5 Å². The maximum atomic E-state index is 6.50. The third-order valence-corrected chi connectivity index (χ3v) is 7.06. The van der Waals surface area contributed by atoms with Gasteiger partial charge in [0, 0.05) is 22.0 Å². The lowest BCUT2D eigenvalue weighted by atomic mass is 9.97. The smallest absolute Gasteiger partial charge is 0.213 e. The standard InChI is InChI=1S/C22H18Br2N2O2S/c1-2-27-15-7-5-13(6-8-15)22-26-19(12-18(25-26)20-4-3-9-29-20)16-10-14(23)11-17(24)21(16)28-22/h3-11,19,22H,2,12H2,1H3/t19-,22+/m0/s1. The van der Waals surface area contributed by atoms with Crippen molar-refractivity contribution in [3.8, 4) is 11.5 Å². The Bertz CT molecular complexity index is 1070. The molecule has 3 heterocycles. The lowest BCUT2D eigenvalue weighted by molar-refractivity contribution is -0.0197. The Balaban J connectivity index is 1.58. The van der Waals surface area contributed by atoms with Crippen LogP contribution in [0.1, 0.15) is 41.6 Å². The second-order valence-corrected chi connectivity index (χ2v) is 9.62. The van der Waals surface area contributed by atoms with Gasteiger partial charge in [0.05, 0.1) is 27.7 Å². The van der Waals surface area contributed by atoms with Crippen LogP contribution in [0, 0.1) is 0 Å². The summed E-state index contributed by atoms with van der Waals surface area (Å²) in [4.78, 5) is 1.21. The monoisotopic (exact) mass is 532 g/mol. The van der Waals surface area contributed by atoms with Crippen molar-refractivity contribution >= 4 is 48.9 Å². The number of hydrazone groups is 1. The van der Waals surface area contributed by atoms with Gasteiger partial charge in [0.15, 0.2) is 0 Å². The predicted molar refractivity (Wildman–Crippen MR) is 123 cm³/mol. The number of thiophene rings is 1. The van der Waals surface area contributed by atoms with Crippen molar-refractivity contribution in [2.75, 3.05) is 6.61 Å². The second-order valence-electron chi connectivity index (χ2n) is 6.90.